The number of nitrogens with zero attached hydrogens (tertiary/aromatic N) is 4. The standard InChI is InChI=1S/C14H14N2O3S.C10H20N2O6S2.C8H4N2S/c17-5-6-19-14(18)12-8-20-13(16-12)11-7-9-3-1-2-4-10(9)15-11;11-7(9(15)17-3-1-13)5-19-20-6-8(12)10(16)18-4-2-14;9-5-8-10-6-3-1-2-4-7(6)11-8/h1-4,12,17H,5-8H2;7-8,13-14H,1-6,11-12H2;1-4H/p+2/t12-;;/m1../s1. The lowest BCUT2D eigenvalue weighted by atomic mass is 10.1. The van der Waals surface area contributed by atoms with Crippen LogP contribution in [0.4, 0.5) is 5.69 Å². The van der Waals surface area contributed by atoms with E-state index >= 15 is 0 Å². The third-order valence-electron chi connectivity index (χ3n) is 6.46. The fourth-order valence-corrected chi connectivity index (χ4v) is 8.13. The molecule has 0 radical (unpaired) electrons. The molecule has 0 fully saturated rings. The predicted molar refractivity (Wildman–Crippen MR) is 198 cm³/mol. The highest BCUT2D eigenvalue weighted by molar-refractivity contribution is 8.76. The number of fused-ring (bicyclic) bond motifs is 2. The molecule has 2 unspecified atom stereocenters. The molecule has 2 aromatic carbocycles. The van der Waals surface area contributed by atoms with Crippen LogP contribution in [0.2, 0.25) is 0 Å². The van der Waals surface area contributed by atoms with E-state index in [-0.39, 0.29) is 45.6 Å². The molecule has 19 heteroatoms. The van der Waals surface area contributed by atoms with E-state index in [4.69, 9.17) is 34.8 Å². The van der Waals surface area contributed by atoms with Crippen molar-refractivity contribution in [3.63, 3.8) is 0 Å². The molecule has 0 saturated carbocycles. The molecule has 3 atom stereocenters. The first-order valence-electron chi connectivity index (χ1n) is 15.6. The molecule has 1 aromatic heterocycles. The number of hydrogen-bond donors (Lipinski definition) is 5. The van der Waals surface area contributed by atoms with Crippen molar-refractivity contribution in [2.24, 2.45) is 9.98 Å². The Morgan fingerprint density at radius 2 is 1.49 bits per heavy atom. The first-order chi connectivity index (χ1) is 24.7. The Kier molecular flexibility index (Phi) is 18.9. The van der Waals surface area contributed by atoms with Crippen molar-refractivity contribution in [3.05, 3.63) is 59.1 Å². The van der Waals surface area contributed by atoms with Gasteiger partial charge in [0, 0.05) is 12.2 Å². The summed E-state index contributed by atoms with van der Waals surface area (Å²) in [5.41, 5.74) is 11.3. The summed E-state index contributed by atoms with van der Waals surface area (Å²) in [5, 5.41) is 35.6. The van der Waals surface area contributed by atoms with Gasteiger partial charge >= 0.3 is 17.9 Å². The van der Waals surface area contributed by atoms with Gasteiger partial charge in [-0.15, -0.1) is 23.1 Å². The summed E-state index contributed by atoms with van der Waals surface area (Å²) in [4.78, 5) is 47.4. The number of carbonyl (C=O) groups is 3. The average molecular weight is 781 g/mol. The molecule has 3 heterocycles. The number of nitriles is 1. The lowest BCUT2D eigenvalue weighted by molar-refractivity contribution is -0.401. The number of hydrogen-bond acceptors (Lipinski definition) is 17. The number of aromatic nitrogens is 1. The smallest absolute Gasteiger partial charge is 0.365 e. The van der Waals surface area contributed by atoms with Crippen molar-refractivity contribution in [1.82, 2.24) is 4.98 Å². The number of aliphatic imine (C=N–C) groups is 2. The van der Waals surface area contributed by atoms with E-state index in [9.17, 15) is 14.4 Å². The van der Waals surface area contributed by atoms with Gasteiger partial charge in [0.1, 0.15) is 30.9 Å². The molecule has 15 nitrogen and oxygen atoms in total. The van der Waals surface area contributed by atoms with Crippen molar-refractivity contribution in [2.45, 2.75) is 24.5 Å². The first kappa shape index (κ1) is 41.8. The van der Waals surface area contributed by atoms with Gasteiger partial charge in [-0.25, -0.2) is 19.4 Å². The van der Waals surface area contributed by atoms with Crippen LogP contribution in [0.5, 0.6) is 0 Å². The van der Waals surface area contributed by atoms with Gasteiger partial charge in [0.15, 0.2) is 23.1 Å². The van der Waals surface area contributed by atoms with Crippen molar-refractivity contribution < 1.29 is 55.4 Å². The van der Waals surface area contributed by atoms with Crippen LogP contribution in [-0.4, -0.2) is 124 Å². The molecule has 0 spiro atoms. The van der Waals surface area contributed by atoms with Gasteiger partial charge in [-0.05, 0) is 23.8 Å². The lowest BCUT2D eigenvalue weighted by Gasteiger charge is -2.09. The third-order valence-corrected chi connectivity index (χ3v) is 11.1. The maximum atomic E-state index is 11.7. The second kappa shape index (κ2) is 23.1. The molecule has 0 saturated heterocycles. The largest absolute Gasteiger partial charge is 0.462 e. The number of rotatable bonds is 15. The van der Waals surface area contributed by atoms with Gasteiger partial charge in [-0.1, -0.05) is 51.9 Å². The Morgan fingerprint density at radius 1 is 0.902 bits per heavy atom. The van der Waals surface area contributed by atoms with Crippen LogP contribution in [0.1, 0.15) is 10.6 Å². The lowest BCUT2D eigenvalue weighted by Crippen LogP contribution is -2.67. The molecule has 2 aliphatic heterocycles. The second-order valence-electron chi connectivity index (χ2n) is 10.4. The molecule has 51 heavy (non-hydrogen) atoms. The van der Waals surface area contributed by atoms with Crippen LogP contribution in [0, 0.1) is 11.3 Å². The van der Waals surface area contributed by atoms with Gasteiger partial charge < -0.3 is 41.0 Å². The molecule has 2 aliphatic rings. The topological polar surface area (TPSA) is 256 Å². The van der Waals surface area contributed by atoms with Crippen LogP contribution in [0.25, 0.3) is 10.2 Å². The van der Waals surface area contributed by atoms with E-state index in [2.05, 4.69) is 32.5 Å². The van der Waals surface area contributed by atoms with Crippen LogP contribution in [-0.2, 0) is 35.0 Å². The third kappa shape index (κ3) is 14.2. The number of para-hydroxylation sites is 2. The summed E-state index contributed by atoms with van der Waals surface area (Å²) in [6.07, 6.45) is 0.764. The van der Waals surface area contributed by atoms with Crippen molar-refractivity contribution in [1.29, 1.82) is 5.26 Å². The van der Waals surface area contributed by atoms with E-state index in [0.717, 1.165) is 33.1 Å². The number of aliphatic hydroxyl groups is 3. The Labute approximate surface area is 310 Å². The number of thiazole rings is 1. The number of esters is 3. The summed E-state index contributed by atoms with van der Waals surface area (Å²) in [7, 11) is 2.77. The van der Waals surface area contributed by atoms with Gasteiger partial charge in [0.25, 0.3) is 0 Å². The van der Waals surface area contributed by atoms with Gasteiger partial charge in [-0.3, -0.25) is 9.98 Å². The Hall–Kier alpha value is -3.58. The molecular formula is C32H40N6O9S4+2. The van der Waals surface area contributed by atoms with E-state index in [0.29, 0.717) is 22.3 Å². The minimum atomic E-state index is -0.524. The van der Waals surface area contributed by atoms with E-state index in [1.807, 2.05) is 48.5 Å². The molecule has 0 aliphatic carbocycles. The van der Waals surface area contributed by atoms with Crippen molar-refractivity contribution >= 4 is 89.3 Å². The first-order valence-corrected chi connectivity index (χ1v) is 19.8. The summed E-state index contributed by atoms with van der Waals surface area (Å²) in [5.74, 6) is 0.161. The highest BCUT2D eigenvalue weighted by Gasteiger charge is 2.30. The highest BCUT2D eigenvalue weighted by atomic mass is 33.1. The van der Waals surface area contributed by atoms with Crippen molar-refractivity contribution in [2.75, 3.05) is 56.9 Å². The number of carbonyl (C=O) groups excluding carboxylic acids is 3. The summed E-state index contributed by atoms with van der Waals surface area (Å²) in [6, 6.07) is 16.2. The Bertz CT molecular complexity index is 1640. The maximum absolute atomic E-state index is 11.7. The van der Waals surface area contributed by atoms with E-state index in [1.54, 1.807) is 0 Å². The number of quaternary nitrogens is 2. The number of ether oxygens (including phenoxy) is 3. The molecule has 3 aromatic rings. The second-order valence-corrected chi connectivity index (χ2v) is 15.0. The van der Waals surface area contributed by atoms with E-state index in [1.165, 1.54) is 50.2 Å². The average Bonchev–Trinajstić information content (AvgIpc) is 3.92. The zero-order chi connectivity index (χ0) is 37.0. The van der Waals surface area contributed by atoms with Crippen LogP contribution in [0.3, 0.4) is 0 Å². The van der Waals surface area contributed by atoms with Crippen LogP contribution >= 0.6 is 44.7 Å². The van der Waals surface area contributed by atoms with Crippen molar-refractivity contribution in [3.8, 4) is 6.07 Å². The highest BCUT2D eigenvalue weighted by Crippen LogP contribution is 2.30. The quantitative estimate of drug-likeness (QED) is 0.0598. The molecule has 0 bridgehead atoms. The fourth-order valence-electron chi connectivity index (χ4n) is 4.00. The van der Waals surface area contributed by atoms with E-state index < -0.39 is 30.1 Å². The molecule has 0 amide bonds. The SMILES string of the molecule is N#Cc1nc2ccccc2s1.O=C(OCCO)[C@H]1CSC(C2=Nc3ccccc3C2)=N1.[NH3+]C(CSSCC([NH3+])C(=O)OCCO)C(=O)OCCO. The fraction of sp³-hybridized carbons (Fsp3) is 0.406. The number of aliphatic hydroxyl groups excluding tert-OH is 3. The number of thioether (sulfide) groups is 1. The maximum Gasteiger partial charge on any atom is 0.365 e. The molecule has 274 valence electrons. The summed E-state index contributed by atoms with van der Waals surface area (Å²) >= 11 is 2.96. The summed E-state index contributed by atoms with van der Waals surface area (Å²) in [6.45, 7) is -0.610. The summed E-state index contributed by atoms with van der Waals surface area (Å²) < 4.78 is 15.4. The van der Waals surface area contributed by atoms with Gasteiger partial charge in [0.05, 0.1) is 52.9 Å². The van der Waals surface area contributed by atoms with Crippen LogP contribution in [0.15, 0.2) is 58.5 Å². The molecule has 9 N–H and O–H groups in total. The molecular weight excluding hydrogens is 741 g/mol. The molecule has 5 rings (SSSR count). The van der Waals surface area contributed by atoms with Gasteiger partial charge in [0.2, 0.25) is 0 Å². The minimum Gasteiger partial charge on any atom is -0.462 e. The van der Waals surface area contributed by atoms with Gasteiger partial charge in [-0.2, -0.15) is 5.26 Å². The normalized spacial score (nSPS) is 15.4. The Morgan fingerprint density at radius 3 is 2.08 bits per heavy atom. The monoisotopic (exact) mass is 780 g/mol. The van der Waals surface area contributed by atoms with Crippen LogP contribution < -0.4 is 11.5 Å². The Balaban J connectivity index is 0.000000215. The number of benzene rings is 2. The predicted octanol–water partition coefficient (Wildman–Crippen LogP) is 0.192. The minimum absolute atomic E-state index is 0.0250. The zero-order valence-corrected chi connectivity index (χ0v) is 30.8. The zero-order valence-electron chi connectivity index (χ0n) is 27.5.